The highest BCUT2D eigenvalue weighted by atomic mass is 19.4. The Hall–Kier alpha value is -2.31. The van der Waals surface area contributed by atoms with Crippen LogP contribution in [0.5, 0.6) is 5.75 Å². The summed E-state index contributed by atoms with van der Waals surface area (Å²) >= 11 is 0. The van der Waals surface area contributed by atoms with Gasteiger partial charge in [-0.05, 0) is 43.5 Å². The lowest BCUT2D eigenvalue weighted by Gasteiger charge is -2.11. The van der Waals surface area contributed by atoms with Crippen molar-refractivity contribution in [1.29, 1.82) is 0 Å². The van der Waals surface area contributed by atoms with Gasteiger partial charge >= 0.3 is 6.36 Å². The zero-order chi connectivity index (χ0) is 15.9. The maximum atomic E-state index is 12.5. The van der Waals surface area contributed by atoms with E-state index in [0.717, 1.165) is 18.9 Å². The molecule has 4 nitrogen and oxygen atoms in total. The quantitative estimate of drug-likeness (QED) is 0.801. The van der Waals surface area contributed by atoms with Gasteiger partial charge in [0.15, 0.2) is 11.5 Å². The minimum absolute atomic E-state index is 0.217. The maximum Gasteiger partial charge on any atom is 0.573 e. The third kappa shape index (κ3) is 2.98. The third-order valence-corrected chi connectivity index (χ3v) is 3.47. The molecule has 1 fully saturated rings. The van der Waals surface area contributed by atoms with Crippen molar-refractivity contribution in [2.75, 3.05) is 0 Å². The standard InChI is InChI=1S/C15H12F3NO3/c1-8-6-10(21-15(16,17)18)4-5-11(8)13(20)12-7-19-22-14(12)9-2-3-9/h4-7,9H,2-3H2,1H3. The second-order valence-corrected chi connectivity index (χ2v) is 5.23. The van der Waals surface area contributed by atoms with Crippen molar-refractivity contribution in [1.82, 2.24) is 5.16 Å². The van der Waals surface area contributed by atoms with E-state index in [9.17, 15) is 18.0 Å². The first-order chi connectivity index (χ1) is 10.3. The summed E-state index contributed by atoms with van der Waals surface area (Å²) in [5.74, 6) is 0.114. The minimum Gasteiger partial charge on any atom is -0.406 e. The van der Waals surface area contributed by atoms with E-state index in [1.807, 2.05) is 0 Å². The van der Waals surface area contributed by atoms with E-state index in [0.29, 0.717) is 22.5 Å². The lowest BCUT2D eigenvalue weighted by Crippen LogP contribution is -2.17. The molecule has 0 N–H and O–H groups in total. The smallest absolute Gasteiger partial charge is 0.406 e. The molecule has 2 aromatic rings. The zero-order valence-corrected chi connectivity index (χ0v) is 11.6. The number of hydrogen-bond acceptors (Lipinski definition) is 4. The van der Waals surface area contributed by atoms with Crippen LogP contribution in [0.3, 0.4) is 0 Å². The zero-order valence-electron chi connectivity index (χ0n) is 11.6. The average molecular weight is 311 g/mol. The molecule has 7 heteroatoms. The summed E-state index contributed by atoms with van der Waals surface area (Å²) < 4.78 is 45.5. The van der Waals surface area contributed by atoms with Crippen LogP contribution in [-0.4, -0.2) is 17.3 Å². The number of carbonyl (C=O) groups is 1. The Bertz CT molecular complexity index is 717. The molecule has 1 aromatic carbocycles. The SMILES string of the molecule is Cc1cc(OC(F)(F)F)ccc1C(=O)c1cnoc1C1CC1. The molecule has 1 aliphatic rings. The summed E-state index contributed by atoms with van der Waals surface area (Å²) in [6, 6.07) is 3.63. The van der Waals surface area contributed by atoms with Crippen molar-refractivity contribution in [2.45, 2.75) is 32.0 Å². The van der Waals surface area contributed by atoms with Crippen LogP contribution < -0.4 is 4.74 Å². The first-order valence-electron chi connectivity index (χ1n) is 6.71. The lowest BCUT2D eigenvalue weighted by atomic mass is 9.98. The van der Waals surface area contributed by atoms with Crippen molar-refractivity contribution in [3.8, 4) is 5.75 Å². The number of halogens is 3. The maximum absolute atomic E-state index is 12.5. The molecular weight excluding hydrogens is 299 g/mol. The molecule has 0 radical (unpaired) electrons. The van der Waals surface area contributed by atoms with Crippen LogP contribution in [-0.2, 0) is 0 Å². The molecule has 0 unspecified atom stereocenters. The molecule has 1 heterocycles. The Labute approximate surface area is 123 Å². The van der Waals surface area contributed by atoms with Crippen LogP contribution in [0.25, 0.3) is 0 Å². The Morgan fingerprint density at radius 1 is 1.32 bits per heavy atom. The second-order valence-electron chi connectivity index (χ2n) is 5.23. The summed E-state index contributed by atoms with van der Waals surface area (Å²) in [6.07, 6.45) is -1.50. The Morgan fingerprint density at radius 2 is 2.05 bits per heavy atom. The van der Waals surface area contributed by atoms with E-state index in [4.69, 9.17) is 4.52 Å². The van der Waals surface area contributed by atoms with Gasteiger partial charge in [-0.3, -0.25) is 4.79 Å². The van der Waals surface area contributed by atoms with Gasteiger partial charge in [-0.2, -0.15) is 0 Å². The van der Waals surface area contributed by atoms with Gasteiger partial charge in [-0.25, -0.2) is 0 Å². The van der Waals surface area contributed by atoms with Gasteiger partial charge in [0.2, 0.25) is 0 Å². The predicted octanol–water partition coefficient (Wildman–Crippen LogP) is 3.99. The molecule has 0 aliphatic heterocycles. The van der Waals surface area contributed by atoms with Crippen LogP contribution in [0, 0.1) is 6.92 Å². The predicted molar refractivity (Wildman–Crippen MR) is 69.8 cm³/mol. The number of alkyl halides is 3. The van der Waals surface area contributed by atoms with Gasteiger partial charge in [0.05, 0.1) is 11.8 Å². The van der Waals surface area contributed by atoms with Crippen LogP contribution in [0.1, 0.15) is 46.0 Å². The van der Waals surface area contributed by atoms with E-state index in [2.05, 4.69) is 9.89 Å². The highest BCUT2D eigenvalue weighted by molar-refractivity contribution is 6.10. The van der Waals surface area contributed by atoms with Crippen molar-refractivity contribution in [3.05, 3.63) is 46.8 Å². The largest absolute Gasteiger partial charge is 0.573 e. The first kappa shape index (κ1) is 14.6. The lowest BCUT2D eigenvalue weighted by molar-refractivity contribution is -0.274. The fourth-order valence-electron chi connectivity index (χ4n) is 2.29. The number of carbonyl (C=O) groups excluding carboxylic acids is 1. The molecule has 0 atom stereocenters. The van der Waals surface area contributed by atoms with E-state index in [-0.39, 0.29) is 17.5 Å². The number of aryl methyl sites for hydroxylation is 1. The van der Waals surface area contributed by atoms with Crippen LogP contribution >= 0.6 is 0 Å². The Kier molecular flexibility index (Phi) is 3.42. The van der Waals surface area contributed by atoms with Crippen molar-refractivity contribution in [2.24, 2.45) is 0 Å². The van der Waals surface area contributed by atoms with Gasteiger partial charge in [0.1, 0.15) is 5.75 Å². The number of ether oxygens (including phenoxy) is 1. The number of ketones is 1. The molecule has 22 heavy (non-hydrogen) atoms. The molecular formula is C15H12F3NO3. The van der Waals surface area contributed by atoms with E-state index in [1.165, 1.54) is 18.3 Å². The van der Waals surface area contributed by atoms with Crippen molar-refractivity contribution >= 4 is 5.78 Å². The second kappa shape index (κ2) is 5.15. The van der Waals surface area contributed by atoms with Crippen molar-refractivity contribution in [3.63, 3.8) is 0 Å². The highest BCUT2D eigenvalue weighted by Gasteiger charge is 2.33. The number of hydrogen-bond donors (Lipinski definition) is 0. The summed E-state index contributed by atoms with van der Waals surface area (Å²) in [5, 5.41) is 3.66. The average Bonchev–Trinajstić information content (AvgIpc) is 3.14. The molecule has 0 spiro atoms. The van der Waals surface area contributed by atoms with E-state index in [1.54, 1.807) is 6.92 Å². The van der Waals surface area contributed by atoms with Gasteiger partial charge in [-0.1, -0.05) is 5.16 Å². The summed E-state index contributed by atoms with van der Waals surface area (Å²) in [7, 11) is 0. The van der Waals surface area contributed by atoms with Crippen LogP contribution in [0.2, 0.25) is 0 Å². The number of benzene rings is 1. The van der Waals surface area contributed by atoms with Gasteiger partial charge in [0, 0.05) is 11.5 Å². The molecule has 116 valence electrons. The molecule has 0 saturated heterocycles. The number of aromatic nitrogens is 1. The van der Waals surface area contributed by atoms with E-state index >= 15 is 0 Å². The van der Waals surface area contributed by atoms with Gasteiger partial charge in [0.25, 0.3) is 0 Å². The Balaban J connectivity index is 1.88. The summed E-state index contributed by atoms with van der Waals surface area (Å²) in [4.78, 5) is 12.5. The summed E-state index contributed by atoms with van der Waals surface area (Å²) in [6.45, 7) is 1.56. The van der Waals surface area contributed by atoms with Crippen molar-refractivity contribution < 1.29 is 27.2 Å². The van der Waals surface area contributed by atoms with Crippen LogP contribution in [0.4, 0.5) is 13.2 Å². The molecule has 0 amide bonds. The molecule has 1 saturated carbocycles. The Morgan fingerprint density at radius 3 is 2.64 bits per heavy atom. The monoisotopic (exact) mass is 311 g/mol. The highest BCUT2D eigenvalue weighted by Crippen LogP contribution is 2.42. The molecule has 1 aromatic heterocycles. The van der Waals surface area contributed by atoms with E-state index < -0.39 is 6.36 Å². The van der Waals surface area contributed by atoms with Crippen LogP contribution in [0.15, 0.2) is 28.9 Å². The normalized spacial score (nSPS) is 14.9. The molecule has 1 aliphatic carbocycles. The molecule has 3 rings (SSSR count). The topological polar surface area (TPSA) is 52.3 Å². The number of rotatable bonds is 4. The fourth-order valence-corrected chi connectivity index (χ4v) is 2.29. The molecule has 0 bridgehead atoms. The first-order valence-corrected chi connectivity index (χ1v) is 6.71. The minimum atomic E-state index is -4.76. The van der Waals surface area contributed by atoms with Gasteiger partial charge in [-0.15, -0.1) is 13.2 Å². The van der Waals surface area contributed by atoms with Gasteiger partial charge < -0.3 is 9.26 Å². The fraction of sp³-hybridized carbons (Fsp3) is 0.333. The summed E-state index contributed by atoms with van der Waals surface area (Å²) in [5.41, 5.74) is 1.07. The third-order valence-electron chi connectivity index (χ3n) is 3.47. The number of nitrogens with zero attached hydrogens (tertiary/aromatic N) is 1.